The molecule has 1 aromatic carbocycles. The standard InChI is InChI=1S/C18H24FN5O/c1-23(2)17(13-9-21-24(3)11-13)10-20-18(25)22-16-7-5-12-4-6-14(19)8-15(12)16/h4,6,8-9,11,16-17H,5,7,10H2,1-3H3,(H2,20,22,25)/t16-,17+/m0/s1. The Morgan fingerprint density at radius 1 is 1.48 bits per heavy atom. The molecule has 7 heteroatoms. The minimum absolute atomic E-state index is 0.0350. The largest absolute Gasteiger partial charge is 0.336 e. The van der Waals surface area contributed by atoms with Crippen LogP contribution in [0.5, 0.6) is 0 Å². The Hall–Kier alpha value is -2.41. The van der Waals surface area contributed by atoms with Crippen LogP contribution in [0.2, 0.25) is 0 Å². The van der Waals surface area contributed by atoms with Crippen LogP contribution < -0.4 is 10.6 Å². The highest BCUT2D eigenvalue weighted by Gasteiger charge is 2.25. The molecule has 0 unspecified atom stereocenters. The number of aryl methyl sites for hydroxylation is 2. The van der Waals surface area contributed by atoms with Crippen LogP contribution in [0.25, 0.3) is 0 Å². The first-order valence-electron chi connectivity index (χ1n) is 8.41. The molecule has 1 aliphatic carbocycles. The molecule has 2 atom stereocenters. The van der Waals surface area contributed by atoms with Crippen LogP contribution in [0.3, 0.4) is 0 Å². The number of nitrogens with one attached hydrogen (secondary N) is 2. The molecular formula is C18H24FN5O. The van der Waals surface area contributed by atoms with E-state index in [1.807, 2.05) is 32.2 Å². The zero-order chi connectivity index (χ0) is 18.0. The molecule has 2 amide bonds. The lowest BCUT2D eigenvalue weighted by Gasteiger charge is -2.24. The molecule has 6 nitrogen and oxygen atoms in total. The number of amides is 2. The number of aromatic nitrogens is 2. The molecule has 0 spiro atoms. The molecule has 134 valence electrons. The molecule has 1 aromatic heterocycles. The number of benzene rings is 1. The summed E-state index contributed by atoms with van der Waals surface area (Å²) in [4.78, 5) is 14.3. The van der Waals surface area contributed by atoms with Crippen LogP contribution in [-0.2, 0) is 13.5 Å². The number of likely N-dealkylation sites (N-methyl/N-ethyl adjacent to an activating group) is 1. The molecule has 1 heterocycles. The van der Waals surface area contributed by atoms with Crippen LogP contribution in [0.1, 0.15) is 35.2 Å². The third kappa shape index (κ3) is 3.99. The van der Waals surface area contributed by atoms with E-state index in [9.17, 15) is 9.18 Å². The van der Waals surface area contributed by atoms with E-state index >= 15 is 0 Å². The Morgan fingerprint density at radius 2 is 2.28 bits per heavy atom. The smallest absolute Gasteiger partial charge is 0.315 e. The Bertz CT molecular complexity index is 758. The van der Waals surface area contributed by atoms with Gasteiger partial charge in [-0.05, 0) is 50.2 Å². The van der Waals surface area contributed by atoms with Gasteiger partial charge in [-0.2, -0.15) is 5.10 Å². The lowest BCUT2D eigenvalue weighted by atomic mass is 10.1. The summed E-state index contributed by atoms with van der Waals surface area (Å²) < 4.78 is 15.2. The first kappa shape index (κ1) is 17.4. The second-order valence-corrected chi connectivity index (χ2v) is 6.72. The first-order chi connectivity index (χ1) is 11.9. The molecular weight excluding hydrogens is 321 g/mol. The van der Waals surface area contributed by atoms with E-state index in [-0.39, 0.29) is 23.9 Å². The number of fused-ring (bicyclic) bond motifs is 1. The number of urea groups is 1. The van der Waals surface area contributed by atoms with Gasteiger partial charge in [0.25, 0.3) is 0 Å². The molecule has 3 rings (SSSR count). The predicted molar refractivity (Wildman–Crippen MR) is 93.6 cm³/mol. The van der Waals surface area contributed by atoms with E-state index < -0.39 is 0 Å². The number of rotatable bonds is 5. The average molecular weight is 345 g/mol. The summed E-state index contributed by atoms with van der Waals surface area (Å²) in [5.41, 5.74) is 3.03. The van der Waals surface area contributed by atoms with Gasteiger partial charge in [-0.1, -0.05) is 6.07 Å². The van der Waals surface area contributed by atoms with Crippen LogP contribution >= 0.6 is 0 Å². The molecule has 0 aliphatic heterocycles. The number of carbonyl (C=O) groups is 1. The van der Waals surface area contributed by atoms with Crippen molar-refractivity contribution < 1.29 is 9.18 Å². The number of carbonyl (C=O) groups excluding carboxylic acids is 1. The number of nitrogens with zero attached hydrogens (tertiary/aromatic N) is 3. The SMILES string of the molecule is CN(C)[C@H](CNC(=O)N[C@H]1CCc2ccc(F)cc21)c1cnn(C)c1. The van der Waals surface area contributed by atoms with Gasteiger partial charge in [0.2, 0.25) is 0 Å². The molecule has 0 saturated heterocycles. The minimum Gasteiger partial charge on any atom is -0.336 e. The molecule has 0 saturated carbocycles. The highest BCUT2D eigenvalue weighted by Crippen LogP contribution is 2.31. The van der Waals surface area contributed by atoms with E-state index in [1.165, 1.54) is 12.1 Å². The summed E-state index contributed by atoms with van der Waals surface area (Å²) in [6.07, 6.45) is 5.41. The lowest BCUT2D eigenvalue weighted by molar-refractivity contribution is 0.229. The Kier molecular flexibility index (Phi) is 5.03. The zero-order valence-corrected chi connectivity index (χ0v) is 14.8. The van der Waals surface area contributed by atoms with Crippen LogP contribution in [-0.4, -0.2) is 41.4 Å². The summed E-state index contributed by atoms with van der Waals surface area (Å²) in [6, 6.07) is 4.45. The summed E-state index contributed by atoms with van der Waals surface area (Å²) in [7, 11) is 5.80. The van der Waals surface area contributed by atoms with Gasteiger partial charge in [0.05, 0.1) is 18.3 Å². The van der Waals surface area contributed by atoms with Crippen molar-refractivity contribution in [3.63, 3.8) is 0 Å². The van der Waals surface area contributed by atoms with Crippen molar-refractivity contribution in [1.82, 2.24) is 25.3 Å². The Balaban J connectivity index is 1.59. The van der Waals surface area contributed by atoms with Gasteiger partial charge in [-0.3, -0.25) is 4.68 Å². The maximum absolute atomic E-state index is 13.5. The Morgan fingerprint density at radius 3 is 2.96 bits per heavy atom. The first-order valence-corrected chi connectivity index (χ1v) is 8.41. The van der Waals surface area contributed by atoms with Crippen LogP contribution in [0.4, 0.5) is 9.18 Å². The molecule has 2 N–H and O–H groups in total. The van der Waals surface area contributed by atoms with Crippen molar-refractivity contribution in [2.75, 3.05) is 20.6 Å². The van der Waals surface area contributed by atoms with E-state index in [2.05, 4.69) is 15.7 Å². The van der Waals surface area contributed by atoms with Gasteiger partial charge in [-0.25, -0.2) is 9.18 Å². The normalized spacial score (nSPS) is 17.4. The van der Waals surface area contributed by atoms with Crippen molar-refractivity contribution in [2.24, 2.45) is 7.05 Å². The maximum Gasteiger partial charge on any atom is 0.315 e. The third-order valence-electron chi connectivity index (χ3n) is 4.68. The van der Waals surface area contributed by atoms with Crippen molar-refractivity contribution >= 4 is 6.03 Å². The van der Waals surface area contributed by atoms with E-state index in [1.54, 1.807) is 16.9 Å². The van der Waals surface area contributed by atoms with Gasteiger partial charge in [0.15, 0.2) is 0 Å². The summed E-state index contributed by atoms with van der Waals surface area (Å²) in [5, 5.41) is 10.1. The zero-order valence-electron chi connectivity index (χ0n) is 14.8. The molecule has 0 bridgehead atoms. The fraction of sp³-hybridized carbons (Fsp3) is 0.444. The number of hydrogen-bond acceptors (Lipinski definition) is 3. The minimum atomic E-state index is -0.267. The average Bonchev–Trinajstić information content (AvgIpc) is 3.14. The highest BCUT2D eigenvalue weighted by atomic mass is 19.1. The number of halogens is 1. The number of hydrogen-bond donors (Lipinski definition) is 2. The predicted octanol–water partition coefficient (Wildman–Crippen LogP) is 2.15. The van der Waals surface area contributed by atoms with Crippen molar-refractivity contribution in [1.29, 1.82) is 0 Å². The van der Waals surface area contributed by atoms with Gasteiger partial charge < -0.3 is 15.5 Å². The lowest BCUT2D eigenvalue weighted by Crippen LogP contribution is -2.41. The second kappa shape index (κ2) is 7.23. The van der Waals surface area contributed by atoms with Gasteiger partial charge in [0.1, 0.15) is 5.82 Å². The van der Waals surface area contributed by atoms with E-state index in [4.69, 9.17) is 0 Å². The van der Waals surface area contributed by atoms with E-state index in [0.717, 1.165) is 29.5 Å². The van der Waals surface area contributed by atoms with Crippen LogP contribution in [0.15, 0.2) is 30.6 Å². The summed E-state index contributed by atoms with van der Waals surface area (Å²) >= 11 is 0. The molecule has 0 fully saturated rings. The van der Waals surface area contributed by atoms with Crippen LogP contribution in [0, 0.1) is 5.82 Å². The fourth-order valence-electron chi connectivity index (χ4n) is 3.33. The summed E-state index contributed by atoms with van der Waals surface area (Å²) in [6.45, 7) is 0.466. The fourth-order valence-corrected chi connectivity index (χ4v) is 3.33. The third-order valence-corrected chi connectivity index (χ3v) is 4.68. The van der Waals surface area contributed by atoms with E-state index in [0.29, 0.717) is 6.54 Å². The van der Waals surface area contributed by atoms with Crippen molar-refractivity contribution in [2.45, 2.75) is 24.9 Å². The van der Waals surface area contributed by atoms with Gasteiger partial charge in [0, 0.05) is 25.4 Å². The Labute approximate surface area is 147 Å². The molecule has 25 heavy (non-hydrogen) atoms. The van der Waals surface area contributed by atoms with Gasteiger partial charge in [-0.15, -0.1) is 0 Å². The topological polar surface area (TPSA) is 62.2 Å². The van der Waals surface area contributed by atoms with Crippen molar-refractivity contribution in [3.8, 4) is 0 Å². The quantitative estimate of drug-likeness (QED) is 0.873. The van der Waals surface area contributed by atoms with Crippen molar-refractivity contribution in [3.05, 3.63) is 53.1 Å². The molecule has 0 radical (unpaired) electrons. The monoisotopic (exact) mass is 345 g/mol. The summed E-state index contributed by atoms with van der Waals surface area (Å²) in [5.74, 6) is -0.267. The van der Waals surface area contributed by atoms with Gasteiger partial charge >= 0.3 is 6.03 Å². The highest BCUT2D eigenvalue weighted by molar-refractivity contribution is 5.74. The maximum atomic E-state index is 13.5. The second-order valence-electron chi connectivity index (χ2n) is 6.72. The molecule has 1 aliphatic rings. The molecule has 2 aromatic rings.